The average molecular weight is 200 g/mol. The maximum Gasteiger partial charge on any atom is 0.397 e. The van der Waals surface area contributed by atoms with Crippen molar-refractivity contribution in [2.24, 2.45) is 5.92 Å². The summed E-state index contributed by atoms with van der Waals surface area (Å²) in [5.41, 5.74) is 0.334. The molecule has 0 aromatic heterocycles. The van der Waals surface area contributed by atoms with Gasteiger partial charge in [0.25, 0.3) is 0 Å². The topological polar surface area (TPSA) is 0 Å². The summed E-state index contributed by atoms with van der Waals surface area (Å²) in [4.78, 5) is 0. The zero-order valence-electron chi connectivity index (χ0n) is 6.91. The molecule has 3 atom stereocenters. The molecule has 1 rings (SSSR count). The first kappa shape index (κ1) is 10.5. The van der Waals surface area contributed by atoms with Gasteiger partial charge in [-0.3, -0.25) is 0 Å². The Morgan fingerprint density at radius 1 is 1.31 bits per heavy atom. The third kappa shape index (κ3) is 2.19. The summed E-state index contributed by atoms with van der Waals surface area (Å²) < 4.78 is 61.8. The van der Waals surface area contributed by atoms with Gasteiger partial charge in [0.2, 0.25) is 0 Å². The van der Waals surface area contributed by atoms with Crippen LogP contribution in [0.4, 0.5) is 22.0 Å². The van der Waals surface area contributed by atoms with Crippen LogP contribution in [0.5, 0.6) is 0 Å². The molecule has 0 nitrogen and oxygen atoms in total. The SMILES string of the molecule is CC1=CC(F)C(C(F)(F)F)C(F)C1. The second-order valence-electron chi connectivity index (χ2n) is 3.24. The standard InChI is InChI=1S/C8H9F5/c1-4-2-5(9)7(6(10)3-4)8(11,12)13/h2,5-7H,3H2,1H3. The van der Waals surface area contributed by atoms with Gasteiger partial charge in [0.1, 0.15) is 18.3 Å². The van der Waals surface area contributed by atoms with Gasteiger partial charge in [-0.05, 0) is 6.92 Å². The molecule has 0 heterocycles. The number of hydrogen-bond acceptors (Lipinski definition) is 0. The molecule has 0 N–H and O–H groups in total. The minimum Gasteiger partial charge on any atom is -0.246 e. The van der Waals surface area contributed by atoms with Crippen molar-refractivity contribution >= 4 is 0 Å². The zero-order chi connectivity index (χ0) is 10.2. The Hall–Kier alpha value is -0.610. The first-order valence-electron chi connectivity index (χ1n) is 3.84. The Bertz CT molecular complexity index is 217. The Morgan fingerprint density at radius 3 is 2.23 bits per heavy atom. The van der Waals surface area contributed by atoms with Gasteiger partial charge in [0, 0.05) is 6.42 Å². The third-order valence-electron chi connectivity index (χ3n) is 2.07. The Morgan fingerprint density at radius 2 is 1.85 bits per heavy atom. The minimum atomic E-state index is -4.80. The molecule has 5 heteroatoms. The van der Waals surface area contributed by atoms with Crippen LogP contribution in [0.3, 0.4) is 0 Å². The molecule has 0 aromatic rings. The normalized spacial score (nSPS) is 35.8. The van der Waals surface area contributed by atoms with E-state index in [4.69, 9.17) is 0 Å². The van der Waals surface area contributed by atoms with E-state index >= 15 is 0 Å². The monoisotopic (exact) mass is 200 g/mol. The summed E-state index contributed by atoms with van der Waals surface area (Å²) in [6.45, 7) is 1.42. The summed E-state index contributed by atoms with van der Waals surface area (Å²) in [6.07, 6.45) is -8.68. The fourth-order valence-electron chi connectivity index (χ4n) is 1.46. The number of rotatable bonds is 0. The van der Waals surface area contributed by atoms with Crippen molar-refractivity contribution in [3.8, 4) is 0 Å². The first-order chi connectivity index (χ1) is 5.82. The number of hydrogen-bond donors (Lipinski definition) is 0. The van der Waals surface area contributed by atoms with E-state index in [1.807, 2.05) is 0 Å². The molecule has 1 aliphatic rings. The first-order valence-corrected chi connectivity index (χ1v) is 3.84. The van der Waals surface area contributed by atoms with E-state index in [2.05, 4.69) is 0 Å². The van der Waals surface area contributed by atoms with Crippen LogP contribution in [0, 0.1) is 5.92 Å². The molecule has 0 fully saturated rings. The summed E-state index contributed by atoms with van der Waals surface area (Å²) in [7, 11) is 0. The fourth-order valence-corrected chi connectivity index (χ4v) is 1.46. The smallest absolute Gasteiger partial charge is 0.246 e. The molecular formula is C8H9F5. The molecule has 1 aliphatic carbocycles. The molecule has 0 amide bonds. The molecule has 0 spiro atoms. The lowest BCUT2D eigenvalue weighted by Crippen LogP contribution is -2.40. The van der Waals surface area contributed by atoms with Crippen molar-refractivity contribution in [1.82, 2.24) is 0 Å². The van der Waals surface area contributed by atoms with Gasteiger partial charge in [-0.1, -0.05) is 11.6 Å². The van der Waals surface area contributed by atoms with Gasteiger partial charge in [-0.15, -0.1) is 0 Å². The molecule has 3 unspecified atom stereocenters. The average Bonchev–Trinajstić information content (AvgIpc) is 1.78. The lowest BCUT2D eigenvalue weighted by Gasteiger charge is -2.29. The Kier molecular flexibility index (Phi) is 2.63. The van der Waals surface area contributed by atoms with Crippen LogP contribution < -0.4 is 0 Å². The minimum absolute atomic E-state index is 0.329. The highest BCUT2D eigenvalue weighted by Crippen LogP contribution is 2.40. The second kappa shape index (κ2) is 3.27. The van der Waals surface area contributed by atoms with E-state index in [9.17, 15) is 22.0 Å². The van der Waals surface area contributed by atoms with Crippen molar-refractivity contribution in [2.75, 3.05) is 0 Å². The van der Waals surface area contributed by atoms with Crippen LogP contribution in [0.25, 0.3) is 0 Å². The molecule has 0 saturated heterocycles. The van der Waals surface area contributed by atoms with E-state index in [-0.39, 0.29) is 6.42 Å². The summed E-state index contributed by atoms with van der Waals surface area (Å²) >= 11 is 0. The van der Waals surface area contributed by atoms with Gasteiger partial charge >= 0.3 is 6.18 Å². The maximum absolute atomic E-state index is 12.8. The highest BCUT2D eigenvalue weighted by atomic mass is 19.4. The summed E-state index contributed by atoms with van der Waals surface area (Å²) in [5.74, 6) is -2.49. The van der Waals surface area contributed by atoms with Crippen LogP contribution in [-0.4, -0.2) is 18.5 Å². The van der Waals surface area contributed by atoms with Gasteiger partial charge in [-0.2, -0.15) is 13.2 Å². The van der Waals surface area contributed by atoms with Crippen LogP contribution in [0.2, 0.25) is 0 Å². The number of allylic oxidation sites excluding steroid dienone is 2. The van der Waals surface area contributed by atoms with Crippen LogP contribution in [0.15, 0.2) is 11.6 Å². The number of halogens is 5. The van der Waals surface area contributed by atoms with Crippen LogP contribution in [-0.2, 0) is 0 Å². The Balaban J connectivity index is 2.87. The lowest BCUT2D eigenvalue weighted by atomic mass is 9.86. The van der Waals surface area contributed by atoms with Gasteiger partial charge < -0.3 is 0 Å². The molecule has 0 aromatic carbocycles. The van der Waals surface area contributed by atoms with Crippen molar-refractivity contribution in [3.63, 3.8) is 0 Å². The van der Waals surface area contributed by atoms with Crippen molar-refractivity contribution < 1.29 is 22.0 Å². The van der Waals surface area contributed by atoms with Crippen molar-refractivity contribution in [3.05, 3.63) is 11.6 Å². The van der Waals surface area contributed by atoms with Gasteiger partial charge in [0.05, 0.1) is 0 Å². The lowest BCUT2D eigenvalue weighted by molar-refractivity contribution is -0.204. The van der Waals surface area contributed by atoms with Crippen molar-refractivity contribution in [2.45, 2.75) is 31.9 Å². The molecule has 13 heavy (non-hydrogen) atoms. The third-order valence-corrected chi connectivity index (χ3v) is 2.07. The summed E-state index contributed by atoms with van der Waals surface area (Å²) in [5, 5.41) is 0. The maximum atomic E-state index is 12.8. The summed E-state index contributed by atoms with van der Waals surface area (Å²) in [6, 6.07) is 0. The van der Waals surface area contributed by atoms with Crippen LogP contribution >= 0.6 is 0 Å². The number of alkyl halides is 5. The molecule has 0 bridgehead atoms. The second-order valence-corrected chi connectivity index (χ2v) is 3.24. The molecule has 0 saturated carbocycles. The van der Waals surface area contributed by atoms with Gasteiger partial charge in [-0.25, -0.2) is 8.78 Å². The zero-order valence-corrected chi connectivity index (χ0v) is 6.91. The molecule has 76 valence electrons. The Labute approximate surface area is 72.4 Å². The largest absolute Gasteiger partial charge is 0.397 e. The molecular weight excluding hydrogens is 191 g/mol. The highest BCUT2D eigenvalue weighted by Gasteiger charge is 2.51. The molecule has 0 radical (unpaired) electrons. The highest BCUT2D eigenvalue weighted by molar-refractivity contribution is 5.12. The van der Waals surface area contributed by atoms with E-state index < -0.39 is 24.4 Å². The van der Waals surface area contributed by atoms with E-state index in [0.29, 0.717) is 5.57 Å². The van der Waals surface area contributed by atoms with Crippen LogP contribution in [0.1, 0.15) is 13.3 Å². The molecule has 0 aliphatic heterocycles. The van der Waals surface area contributed by atoms with E-state index in [1.54, 1.807) is 0 Å². The van der Waals surface area contributed by atoms with E-state index in [0.717, 1.165) is 6.08 Å². The quantitative estimate of drug-likeness (QED) is 0.416. The van der Waals surface area contributed by atoms with E-state index in [1.165, 1.54) is 6.92 Å². The van der Waals surface area contributed by atoms with Gasteiger partial charge in [0.15, 0.2) is 0 Å². The predicted molar refractivity (Wildman–Crippen MR) is 37.7 cm³/mol. The fraction of sp³-hybridized carbons (Fsp3) is 0.750. The predicted octanol–water partition coefficient (Wildman–Crippen LogP) is 3.19. The van der Waals surface area contributed by atoms with Crippen molar-refractivity contribution in [1.29, 1.82) is 0 Å².